The molecule has 1 fully saturated rings. The molecule has 0 saturated carbocycles. The SMILES string of the molecule is C#Cc1ccc(NC(=O)c2cc(Cl)ccc2NC(=O)c2ccc(C(=N)N3CCN(c4ccccc4)CC3)cc2F)nc1. The summed E-state index contributed by atoms with van der Waals surface area (Å²) in [5.74, 6) is 0.770. The number of amides is 2. The molecule has 42 heavy (non-hydrogen) atoms. The number of carbonyl (C=O) groups excluding carboxylic acids is 2. The van der Waals surface area contributed by atoms with Crippen LogP contribution in [0, 0.1) is 23.6 Å². The number of piperazine rings is 1. The number of rotatable bonds is 6. The molecule has 2 heterocycles. The van der Waals surface area contributed by atoms with E-state index in [-0.39, 0.29) is 33.5 Å². The van der Waals surface area contributed by atoms with E-state index in [1.807, 2.05) is 23.1 Å². The molecule has 1 saturated heterocycles. The van der Waals surface area contributed by atoms with Gasteiger partial charge in [-0.05, 0) is 54.6 Å². The smallest absolute Gasteiger partial charge is 0.258 e. The quantitative estimate of drug-likeness (QED) is 0.159. The molecule has 1 aliphatic rings. The van der Waals surface area contributed by atoms with Crippen LogP contribution in [-0.2, 0) is 0 Å². The third kappa shape index (κ3) is 6.40. The summed E-state index contributed by atoms with van der Waals surface area (Å²) in [6, 6.07) is 21.7. The van der Waals surface area contributed by atoms with Crippen molar-refractivity contribution in [3.8, 4) is 12.3 Å². The number of hydrogen-bond acceptors (Lipinski definition) is 5. The van der Waals surface area contributed by atoms with Crippen LogP contribution in [0.4, 0.5) is 21.6 Å². The second kappa shape index (κ2) is 12.5. The van der Waals surface area contributed by atoms with Gasteiger partial charge in [0.25, 0.3) is 11.8 Å². The van der Waals surface area contributed by atoms with E-state index in [2.05, 4.69) is 38.6 Å². The lowest BCUT2D eigenvalue weighted by molar-refractivity contribution is 0.102. The number of halogens is 2. The number of terminal acetylenes is 1. The summed E-state index contributed by atoms with van der Waals surface area (Å²) in [4.78, 5) is 34.3. The maximum atomic E-state index is 15.2. The van der Waals surface area contributed by atoms with Crippen LogP contribution in [0.1, 0.15) is 31.8 Å². The standard InChI is InChI=1S/C32H26ClFN6O2/c1-2-21-8-13-29(36-20-21)38-32(42)26-19-23(33)10-12-28(26)37-31(41)25-11-9-22(18-27(25)34)30(35)40-16-14-39(15-17-40)24-6-4-3-5-7-24/h1,3-13,18-20,35H,14-17H2,(H,37,41)(H,36,38,42). The number of nitrogens with zero attached hydrogens (tertiary/aromatic N) is 3. The van der Waals surface area contributed by atoms with E-state index in [1.54, 1.807) is 18.2 Å². The highest BCUT2D eigenvalue weighted by Gasteiger charge is 2.22. The van der Waals surface area contributed by atoms with Crippen molar-refractivity contribution in [2.45, 2.75) is 0 Å². The summed E-state index contributed by atoms with van der Waals surface area (Å²) in [6.45, 7) is 2.70. The predicted molar refractivity (Wildman–Crippen MR) is 163 cm³/mol. The average Bonchev–Trinajstić information content (AvgIpc) is 3.02. The Kier molecular flexibility index (Phi) is 8.46. The molecule has 3 aromatic carbocycles. The van der Waals surface area contributed by atoms with Crippen LogP contribution in [0.5, 0.6) is 0 Å². The van der Waals surface area contributed by atoms with E-state index in [0.29, 0.717) is 24.2 Å². The van der Waals surface area contributed by atoms with Gasteiger partial charge in [0.05, 0.1) is 16.8 Å². The minimum atomic E-state index is -0.782. The summed E-state index contributed by atoms with van der Waals surface area (Å²) in [6.07, 6.45) is 6.78. The molecule has 5 rings (SSSR count). The monoisotopic (exact) mass is 580 g/mol. The van der Waals surface area contributed by atoms with Gasteiger partial charge in [-0.2, -0.15) is 0 Å². The van der Waals surface area contributed by atoms with E-state index in [4.69, 9.17) is 23.4 Å². The van der Waals surface area contributed by atoms with E-state index in [9.17, 15) is 9.59 Å². The highest BCUT2D eigenvalue weighted by Crippen LogP contribution is 2.24. The Hall–Kier alpha value is -5.20. The van der Waals surface area contributed by atoms with Crippen molar-refractivity contribution >= 4 is 46.4 Å². The fourth-order valence-electron chi connectivity index (χ4n) is 4.60. The molecule has 210 valence electrons. The summed E-state index contributed by atoms with van der Waals surface area (Å²) in [5.41, 5.74) is 2.02. The molecular weight excluding hydrogens is 555 g/mol. The lowest BCUT2D eigenvalue weighted by Crippen LogP contribution is -2.48. The highest BCUT2D eigenvalue weighted by molar-refractivity contribution is 6.31. The number of amidine groups is 1. The molecule has 0 atom stereocenters. The number of aromatic nitrogens is 1. The van der Waals surface area contributed by atoms with Gasteiger partial charge in [0.1, 0.15) is 17.5 Å². The van der Waals surface area contributed by atoms with Crippen LogP contribution in [-0.4, -0.2) is 53.7 Å². The van der Waals surface area contributed by atoms with Crippen molar-refractivity contribution in [3.05, 3.63) is 118 Å². The maximum absolute atomic E-state index is 15.2. The first kappa shape index (κ1) is 28.3. The van der Waals surface area contributed by atoms with Gasteiger partial charge >= 0.3 is 0 Å². The van der Waals surface area contributed by atoms with Crippen molar-refractivity contribution in [1.29, 1.82) is 5.41 Å². The zero-order valence-corrected chi connectivity index (χ0v) is 23.2. The number of benzene rings is 3. The Morgan fingerprint density at radius 1 is 0.905 bits per heavy atom. The van der Waals surface area contributed by atoms with Gasteiger partial charge in [0.2, 0.25) is 0 Å². The minimum absolute atomic E-state index is 0.0622. The Morgan fingerprint density at radius 3 is 2.31 bits per heavy atom. The molecule has 3 N–H and O–H groups in total. The number of hydrogen-bond donors (Lipinski definition) is 3. The second-order valence-corrected chi connectivity index (χ2v) is 9.96. The molecular formula is C32H26ClFN6O2. The van der Waals surface area contributed by atoms with Crippen molar-refractivity contribution in [3.63, 3.8) is 0 Å². The molecule has 2 amide bonds. The zero-order chi connectivity index (χ0) is 29.6. The number of pyridine rings is 1. The van der Waals surface area contributed by atoms with Crippen molar-refractivity contribution < 1.29 is 14.0 Å². The molecule has 0 spiro atoms. The Labute approximate surface area is 247 Å². The summed E-state index contributed by atoms with van der Waals surface area (Å²) in [5, 5.41) is 14.1. The number of nitrogens with one attached hydrogen (secondary N) is 3. The first-order chi connectivity index (χ1) is 20.3. The highest BCUT2D eigenvalue weighted by atomic mass is 35.5. The van der Waals surface area contributed by atoms with Gasteiger partial charge in [-0.15, -0.1) is 6.42 Å². The average molecular weight is 581 g/mol. The van der Waals surface area contributed by atoms with Crippen LogP contribution in [0.2, 0.25) is 5.02 Å². The van der Waals surface area contributed by atoms with Crippen LogP contribution >= 0.6 is 11.6 Å². The molecule has 4 aromatic rings. The molecule has 10 heteroatoms. The Bertz CT molecular complexity index is 1680. The topological polar surface area (TPSA) is 101 Å². The van der Waals surface area contributed by atoms with Crippen molar-refractivity contribution in [2.24, 2.45) is 0 Å². The number of anilines is 3. The second-order valence-electron chi connectivity index (χ2n) is 9.53. The Morgan fingerprint density at radius 2 is 1.64 bits per heavy atom. The van der Waals surface area contributed by atoms with E-state index in [1.165, 1.54) is 36.5 Å². The molecule has 1 aromatic heterocycles. The van der Waals surface area contributed by atoms with Crippen LogP contribution in [0.3, 0.4) is 0 Å². The minimum Gasteiger partial charge on any atom is -0.368 e. The fourth-order valence-corrected chi connectivity index (χ4v) is 4.77. The van der Waals surface area contributed by atoms with Crippen LogP contribution in [0.15, 0.2) is 85.1 Å². The zero-order valence-electron chi connectivity index (χ0n) is 22.4. The lowest BCUT2D eigenvalue weighted by atomic mass is 10.1. The lowest BCUT2D eigenvalue weighted by Gasteiger charge is -2.37. The van der Waals surface area contributed by atoms with Gasteiger partial charge in [-0.3, -0.25) is 15.0 Å². The summed E-state index contributed by atoms with van der Waals surface area (Å²) in [7, 11) is 0. The predicted octanol–water partition coefficient (Wildman–Crippen LogP) is 5.51. The third-order valence-electron chi connectivity index (χ3n) is 6.85. The number of para-hydroxylation sites is 1. The molecule has 0 aliphatic carbocycles. The van der Waals surface area contributed by atoms with E-state index >= 15 is 4.39 Å². The molecule has 8 nitrogen and oxygen atoms in total. The summed E-state index contributed by atoms with van der Waals surface area (Å²) >= 11 is 6.12. The van der Waals surface area contributed by atoms with Gasteiger partial charge in [0.15, 0.2) is 0 Å². The largest absolute Gasteiger partial charge is 0.368 e. The van der Waals surface area contributed by atoms with Gasteiger partial charge in [0, 0.05) is 54.2 Å². The fraction of sp³-hybridized carbons (Fsp3) is 0.125. The van der Waals surface area contributed by atoms with Crippen molar-refractivity contribution in [2.75, 3.05) is 41.7 Å². The van der Waals surface area contributed by atoms with Crippen LogP contribution < -0.4 is 15.5 Å². The Balaban J connectivity index is 1.26. The van der Waals surface area contributed by atoms with E-state index in [0.717, 1.165) is 18.8 Å². The number of carbonyl (C=O) groups is 2. The van der Waals surface area contributed by atoms with Gasteiger partial charge in [-0.1, -0.05) is 41.8 Å². The molecule has 1 aliphatic heterocycles. The first-order valence-corrected chi connectivity index (χ1v) is 13.5. The normalized spacial score (nSPS) is 12.8. The van der Waals surface area contributed by atoms with Crippen LogP contribution in [0.25, 0.3) is 0 Å². The van der Waals surface area contributed by atoms with Crippen molar-refractivity contribution in [1.82, 2.24) is 9.88 Å². The van der Waals surface area contributed by atoms with E-state index < -0.39 is 17.6 Å². The molecule has 0 unspecified atom stereocenters. The third-order valence-corrected chi connectivity index (χ3v) is 7.09. The maximum Gasteiger partial charge on any atom is 0.258 e. The van der Waals surface area contributed by atoms with Gasteiger partial charge < -0.3 is 20.4 Å². The molecule has 0 radical (unpaired) electrons. The summed E-state index contributed by atoms with van der Waals surface area (Å²) < 4.78 is 15.2. The molecule has 0 bridgehead atoms. The van der Waals surface area contributed by atoms with Gasteiger partial charge in [-0.25, -0.2) is 9.37 Å². The first-order valence-electron chi connectivity index (χ1n) is 13.1.